The molecule has 1 aromatic rings. The highest BCUT2D eigenvalue weighted by Gasteiger charge is 2.38. The van der Waals surface area contributed by atoms with E-state index in [4.69, 9.17) is 0 Å². The number of fused-ring (bicyclic) bond motifs is 1. The number of amides is 2. The molecule has 0 aliphatic carbocycles. The lowest BCUT2D eigenvalue weighted by atomic mass is 9.85. The molecule has 21 heavy (non-hydrogen) atoms. The summed E-state index contributed by atoms with van der Waals surface area (Å²) in [5.41, 5.74) is 2.60. The smallest absolute Gasteiger partial charge is 0.234 e. The van der Waals surface area contributed by atoms with Crippen molar-refractivity contribution in [3.63, 3.8) is 0 Å². The van der Waals surface area contributed by atoms with E-state index in [2.05, 4.69) is 16.7 Å². The van der Waals surface area contributed by atoms with Gasteiger partial charge in [0.05, 0.1) is 5.41 Å². The van der Waals surface area contributed by atoms with E-state index < -0.39 is 5.41 Å². The minimum absolute atomic E-state index is 0.0416. The largest absolute Gasteiger partial charge is 0.356 e. The number of anilines is 1. The van der Waals surface area contributed by atoms with E-state index in [-0.39, 0.29) is 11.8 Å². The van der Waals surface area contributed by atoms with Crippen molar-refractivity contribution in [1.82, 2.24) is 5.32 Å². The summed E-state index contributed by atoms with van der Waals surface area (Å²) in [5, 5.41) is 5.84. The van der Waals surface area contributed by atoms with Gasteiger partial charge in [0.15, 0.2) is 0 Å². The molecule has 0 atom stereocenters. The molecule has 2 amide bonds. The van der Waals surface area contributed by atoms with Gasteiger partial charge in [-0.15, -0.1) is 0 Å². The quantitative estimate of drug-likeness (QED) is 0.875. The Hall–Kier alpha value is -1.84. The Morgan fingerprint density at radius 3 is 2.71 bits per heavy atom. The lowest BCUT2D eigenvalue weighted by Crippen LogP contribution is -2.27. The minimum atomic E-state index is -0.480. The summed E-state index contributed by atoms with van der Waals surface area (Å²) in [5.74, 6) is 0.520. The van der Waals surface area contributed by atoms with Gasteiger partial charge in [0.25, 0.3) is 0 Å². The van der Waals surface area contributed by atoms with E-state index in [0.29, 0.717) is 18.9 Å². The fourth-order valence-electron chi connectivity index (χ4n) is 2.56. The normalized spacial score (nSPS) is 15.8. The molecule has 0 bridgehead atoms. The summed E-state index contributed by atoms with van der Waals surface area (Å²) in [6.07, 6.45) is 1.34. The zero-order valence-electron chi connectivity index (χ0n) is 13.2. The highest BCUT2D eigenvalue weighted by atomic mass is 16.2. The zero-order chi connectivity index (χ0) is 15.6. The summed E-state index contributed by atoms with van der Waals surface area (Å²) in [4.78, 5) is 23.5. The molecule has 1 heterocycles. The van der Waals surface area contributed by atoms with Gasteiger partial charge in [-0.1, -0.05) is 26.0 Å². The first-order valence-corrected chi connectivity index (χ1v) is 7.52. The Kier molecular flexibility index (Phi) is 4.35. The number of rotatable bonds is 5. The summed E-state index contributed by atoms with van der Waals surface area (Å²) < 4.78 is 0. The number of nitrogens with one attached hydrogen (secondary N) is 2. The summed E-state index contributed by atoms with van der Waals surface area (Å²) in [6, 6.07) is 6.03. The molecule has 0 saturated heterocycles. The van der Waals surface area contributed by atoms with E-state index >= 15 is 0 Å². The van der Waals surface area contributed by atoms with Crippen LogP contribution in [0.15, 0.2) is 18.2 Å². The number of hydrogen-bond donors (Lipinski definition) is 2. The SMILES string of the molecule is CC(C)CC(=O)NCCc1ccc2c(c1)C(C)(C)C(=O)N2. The number of benzene rings is 1. The van der Waals surface area contributed by atoms with Gasteiger partial charge in [0, 0.05) is 18.7 Å². The van der Waals surface area contributed by atoms with Crippen molar-refractivity contribution in [2.75, 3.05) is 11.9 Å². The van der Waals surface area contributed by atoms with Crippen LogP contribution in [0.5, 0.6) is 0 Å². The van der Waals surface area contributed by atoms with E-state index in [1.807, 2.05) is 39.8 Å². The van der Waals surface area contributed by atoms with Crippen molar-refractivity contribution in [2.45, 2.75) is 46.0 Å². The van der Waals surface area contributed by atoms with Gasteiger partial charge in [0.2, 0.25) is 11.8 Å². The molecule has 4 nitrogen and oxygen atoms in total. The second-order valence-corrected chi connectivity index (χ2v) is 6.66. The maximum Gasteiger partial charge on any atom is 0.234 e. The first-order chi connectivity index (χ1) is 9.80. The van der Waals surface area contributed by atoms with Crippen molar-refractivity contribution < 1.29 is 9.59 Å². The molecule has 114 valence electrons. The number of carbonyl (C=O) groups excluding carboxylic acids is 2. The molecule has 0 radical (unpaired) electrons. The minimum Gasteiger partial charge on any atom is -0.356 e. The predicted molar refractivity (Wildman–Crippen MR) is 84.3 cm³/mol. The highest BCUT2D eigenvalue weighted by Crippen LogP contribution is 2.37. The van der Waals surface area contributed by atoms with E-state index in [1.165, 1.54) is 0 Å². The Morgan fingerprint density at radius 2 is 2.05 bits per heavy atom. The van der Waals surface area contributed by atoms with E-state index in [9.17, 15) is 9.59 Å². The first kappa shape index (κ1) is 15.5. The number of hydrogen-bond acceptors (Lipinski definition) is 2. The molecule has 0 aromatic heterocycles. The molecule has 0 fully saturated rings. The topological polar surface area (TPSA) is 58.2 Å². The van der Waals surface area contributed by atoms with Crippen LogP contribution in [0.3, 0.4) is 0 Å². The predicted octanol–water partition coefficient (Wildman–Crippen LogP) is 2.62. The van der Waals surface area contributed by atoms with Gasteiger partial charge < -0.3 is 10.6 Å². The molecule has 1 aliphatic heterocycles. The summed E-state index contributed by atoms with van der Waals surface area (Å²) >= 11 is 0. The van der Waals surface area contributed by atoms with Gasteiger partial charge >= 0.3 is 0 Å². The van der Waals surface area contributed by atoms with E-state index in [1.54, 1.807) is 0 Å². The van der Waals surface area contributed by atoms with Crippen molar-refractivity contribution >= 4 is 17.5 Å². The molecule has 4 heteroatoms. The van der Waals surface area contributed by atoms with Crippen LogP contribution < -0.4 is 10.6 Å². The summed E-state index contributed by atoms with van der Waals surface area (Å²) in [7, 11) is 0. The fraction of sp³-hybridized carbons (Fsp3) is 0.529. The second kappa shape index (κ2) is 5.88. The van der Waals surface area contributed by atoms with E-state index in [0.717, 1.165) is 23.2 Å². The molecular formula is C17H24N2O2. The third-order valence-electron chi connectivity index (χ3n) is 3.90. The van der Waals surface area contributed by atoms with Crippen molar-refractivity contribution in [3.05, 3.63) is 29.3 Å². The van der Waals surface area contributed by atoms with Gasteiger partial charge in [0.1, 0.15) is 0 Å². The average Bonchev–Trinajstić information content (AvgIpc) is 2.60. The van der Waals surface area contributed by atoms with Crippen LogP contribution in [-0.4, -0.2) is 18.4 Å². The Morgan fingerprint density at radius 1 is 1.33 bits per heavy atom. The van der Waals surface area contributed by atoms with Crippen LogP contribution in [-0.2, 0) is 21.4 Å². The lowest BCUT2D eigenvalue weighted by Gasteiger charge is -2.16. The molecule has 2 N–H and O–H groups in total. The van der Waals surface area contributed by atoms with Crippen LogP contribution in [0.4, 0.5) is 5.69 Å². The Labute approximate surface area is 126 Å². The van der Waals surface area contributed by atoms with Crippen LogP contribution in [0.1, 0.15) is 45.2 Å². The van der Waals surface area contributed by atoms with Crippen molar-refractivity contribution in [3.8, 4) is 0 Å². The molecule has 0 spiro atoms. The standard InChI is InChI=1S/C17H24N2O2/c1-11(2)9-15(20)18-8-7-12-5-6-14-13(10-12)17(3,4)16(21)19-14/h5-6,10-11H,7-9H2,1-4H3,(H,18,20)(H,19,21). The number of carbonyl (C=O) groups is 2. The molecule has 1 aromatic carbocycles. The fourth-order valence-corrected chi connectivity index (χ4v) is 2.56. The molecule has 0 saturated carbocycles. The molecule has 2 rings (SSSR count). The van der Waals surface area contributed by atoms with Gasteiger partial charge in [-0.2, -0.15) is 0 Å². The Balaban J connectivity index is 1.96. The highest BCUT2D eigenvalue weighted by molar-refractivity contribution is 6.05. The lowest BCUT2D eigenvalue weighted by molar-refractivity contribution is -0.122. The van der Waals surface area contributed by atoms with Gasteiger partial charge in [-0.25, -0.2) is 0 Å². The molecule has 0 unspecified atom stereocenters. The van der Waals surface area contributed by atoms with Gasteiger partial charge in [-0.3, -0.25) is 9.59 Å². The second-order valence-electron chi connectivity index (χ2n) is 6.66. The maximum absolute atomic E-state index is 11.9. The van der Waals surface area contributed by atoms with Gasteiger partial charge in [-0.05, 0) is 43.4 Å². The molecule has 1 aliphatic rings. The molecular weight excluding hydrogens is 264 g/mol. The van der Waals surface area contributed by atoms with Crippen molar-refractivity contribution in [2.24, 2.45) is 5.92 Å². The Bertz CT molecular complexity index is 562. The maximum atomic E-state index is 11.9. The third-order valence-corrected chi connectivity index (χ3v) is 3.90. The van der Waals surface area contributed by atoms with Crippen LogP contribution >= 0.6 is 0 Å². The van der Waals surface area contributed by atoms with Crippen molar-refractivity contribution in [1.29, 1.82) is 0 Å². The zero-order valence-corrected chi connectivity index (χ0v) is 13.2. The third kappa shape index (κ3) is 3.43. The summed E-state index contributed by atoms with van der Waals surface area (Å²) in [6.45, 7) is 8.56. The van der Waals surface area contributed by atoms with Crippen LogP contribution in [0, 0.1) is 5.92 Å². The first-order valence-electron chi connectivity index (χ1n) is 7.52. The van der Waals surface area contributed by atoms with Crippen LogP contribution in [0.2, 0.25) is 0 Å². The van der Waals surface area contributed by atoms with Crippen LogP contribution in [0.25, 0.3) is 0 Å². The monoisotopic (exact) mass is 288 g/mol. The average molecular weight is 288 g/mol.